The number of carbonyl (C=O) groups excluding carboxylic acids is 1. The molecule has 0 heterocycles. The molecular weight excluding hydrogens is 214 g/mol. The van der Waals surface area contributed by atoms with Gasteiger partial charge in [0.1, 0.15) is 0 Å². The zero-order valence-corrected chi connectivity index (χ0v) is 10.3. The van der Waals surface area contributed by atoms with E-state index in [1.54, 1.807) is 18.2 Å². The second kappa shape index (κ2) is 6.70. The van der Waals surface area contributed by atoms with Crippen molar-refractivity contribution in [1.82, 2.24) is 0 Å². The van der Waals surface area contributed by atoms with Gasteiger partial charge in [0.05, 0.1) is 24.7 Å². The van der Waals surface area contributed by atoms with Gasteiger partial charge in [0.2, 0.25) is 0 Å². The van der Waals surface area contributed by atoms with Crippen molar-refractivity contribution < 1.29 is 9.53 Å². The molecule has 1 atom stereocenters. The van der Waals surface area contributed by atoms with Gasteiger partial charge < -0.3 is 4.74 Å². The normalized spacial score (nSPS) is 11.6. The SMILES string of the molecule is CCCCC(C(=O)OC)c1cccc(C#N)c1. The molecule has 0 bridgehead atoms. The van der Waals surface area contributed by atoms with Crippen LogP contribution >= 0.6 is 0 Å². The van der Waals surface area contributed by atoms with E-state index in [9.17, 15) is 4.79 Å². The van der Waals surface area contributed by atoms with E-state index in [4.69, 9.17) is 10.00 Å². The van der Waals surface area contributed by atoms with Gasteiger partial charge in [-0.3, -0.25) is 4.79 Å². The van der Waals surface area contributed by atoms with Crippen LogP contribution in [0.4, 0.5) is 0 Å². The summed E-state index contributed by atoms with van der Waals surface area (Å²) in [5.74, 6) is -0.484. The molecule has 17 heavy (non-hydrogen) atoms. The van der Waals surface area contributed by atoms with Gasteiger partial charge in [-0.05, 0) is 24.1 Å². The molecule has 0 aromatic heterocycles. The molecule has 3 heteroatoms. The summed E-state index contributed by atoms with van der Waals surface area (Å²) in [4.78, 5) is 11.7. The van der Waals surface area contributed by atoms with Crippen molar-refractivity contribution in [2.24, 2.45) is 0 Å². The summed E-state index contributed by atoms with van der Waals surface area (Å²) < 4.78 is 4.82. The van der Waals surface area contributed by atoms with Crippen molar-refractivity contribution in [2.45, 2.75) is 32.1 Å². The van der Waals surface area contributed by atoms with Crippen LogP contribution in [0.2, 0.25) is 0 Å². The fourth-order valence-electron chi connectivity index (χ4n) is 1.80. The van der Waals surface area contributed by atoms with Gasteiger partial charge in [0.15, 0.2) is 0 Å². The van der Waals surface area contributed by atoms with Gasteiger partial charge in [-0.2, -0.15) is 5.26 Å². The second-order valence-electron chi connectivity index (χ2n) is 3.96. The fourth-order valence-corrected chi connectivity index (χ4v) is 1.80. The van der Waals surface area contributed by atoms with Crippen molar-refractivity contribution in [2.75, 3.05) is 7.11 Å². The van der Waals surface area contributed by atoms with Crippen LogP contribution in [0, 0.1) is 11.3 Å². The smallest absolute Gasteiger partial charge is 0.313 e. The van der Waals surface area contributed by atoms with Gasteiger partial charge in [0, 0.05) is 0 Å². The standard InChI is InChI=1S/C14H17NO2/c1-3-4-8-13(14(16)17-2)12-7-5-6-11(9-12)10-15/h5-7,9,13H,3-4,8H2,1-2H3. The first-order valence-corrected chi connectivity index (χ1v) is 5.80. The number of carbonyl (C=O) groups is 1. The van der Waals surface area contributed by atoms with Crippen LogP contribution in [0.15, 0.2) is 24.3 Å². The maximum absolute atomic E-state index is 11.7. The highest BCUT2D eigenvalue weighted by Crippen LogP contribution is 2.24. The van der Waals surface area contributed by atoms with Crippen LogP contribution in [0.25, 0.3) is 0 Å². The lowest BCUT2D eigenvalue weighted by Gasteiger charge is -2.14. The third-order valence-electron chi connectivity index (χ3n) is 2.75. The average molecular weight is 231 g/mol. The number of methoxy groups -OCH3 is 1. The zero-order valence-electron chi connectivity index (χ0n) is 10.3. The fraction of sp³-hybridized carbons (Fsp3) is 0.429. The lowest BCUT2D eigenvalue weighted by molar-refractivity contribution is -0.142. The Morgan fingerprint density at radius 2 is 2.29 bits per heavy atom. The summed E-state index contributed by atoms with van der Waals surface area (Å²) in [5.41, 5.74) is 1.44. The third kappa shape index (κ3) is 3.60. The van der Waals surface area contributed by atoms with E-state index in [1.807, 2.05) is 6.07 Å². The topological polar surface area (TPSA) is 50.1 Å². The molecule has 1 aromatic rings. The Kier molecular flexibility index (Phi) is 5.22. The van der Waals surface area contributed by atoms with Crippen LogP contribution in [0.5, 0.6) is 0 Å². The van der Waals surface area contributed by atoms with E-state index in [0.717, 1.165) is 24.8 Å². The Morgan fingerprint density at radius 3 is 2.88 bits per heavy atom. The van der Waals surface area contributed by atoms with Crippen molar-refractivity contribution in [3.8, 4) is 6.07 Å². The number of hydrogen-bond donors (Lipinski definition) is 0. The number of unbranched alkanes of at least 4 members (excludes halogenated alkanes) is 1. The first-order chi connectivity index (χ1) is 8.22. The van der Waals surface area contributed by atoms with Crippen molar-refractivity contribution >= 4 is 5.97 Å². The van der Waals surface area contributed by atoms with Crippen molar-refractivity contribution in [3.63, 3.8) is 0 Å². The van der Waals surface area contributed by atoms with E-state index < -0.39 is 0 Å². The Morgan fingerprint density at radius 1 is 1.53 bits per heavy atom. The first kappa shape index (κ1) is 13.2. The summed E-state index contributed by atoms with van der Waals surface area (Å²) in [6.07, 6.45) is 2.76. The first-order valence-electron chi connectivity index (χ1n) is 5.80. The van der Waals surface area contributed by atoms with Gasteiger partial charge in [0.25, 0.3) is 0 Å². The van der Waals surface area contributed by atoms with E-state index >= 15 is 0 Å². The number of esters is 1. The molecule has 0 aliphatic heterocycles. The summed E-state index contributed by atoms with van der Waals surface area (Å²) in [7, 11) is 1.40. The highest BCUT2D eigenvalue weighted by atomic mass is 16.5. The molecule has 0 fully saturated rings. The lowest BCUT2D eigenvalue weighted by Crippen LogP contribution is -2.14. The molecule has 0 amide bonds. The molecule has 90 valence electrons. The number of benzene rings is 1. The zero-order chi connectivity index (χ0) is 12.7. The minimum absolute atomic E-state index is 0.228. The van der Waals surface area contributed by atoms with Gasteiger partial charge >= 0.3 is 5.97 Å². The maximum Gasteiger partial charge on any atom is 0.313 e. The van der Waals surface area contributed by atoms with E-state index in [2.05, 4.69) is 13.0 Å². The van der Waals surface area contributed by atoms with Gasteiger partial charge in [-0.1, -0.05) is 31.9 Å². The van der Waals surface area contributed by atoms with Crippen molar-refractivity contribution in [1.29, 1.82) is 5.26 Å². The van der Waals surface area contributed by atoms with Crippen molar-refractivity contribution in [3.05, 3.63) is 35.4 Å². The van der Waals surface area contributed by atoms with Crippen LogP contribution in [0.3, 0.4) is 0 Å². The number of nitrogens with zero attached hydrogens (tertiary/aromatic N) is 1. The van der Waals surface area contributed by atoms with Crippen LogP contribution in [-0.4, -0.2) is 13.1 Å². The molecule has 0 saturated carbocycles. The molecule has 3 nitrogen and oxygen atoms in total. The van der Waals surface area contributed by atoms with Crippen LogP contribution in [0.1, 0.15) is 43.2 Å². The maximum atomic E-state index is 11.7. The van der Waals surface area contributed by atoms with Gasteiger partial charge in [-0.15, -0.1) is 0 Å². The molecule has 0 spiro atoms. The third-order valence-corrected chi connectivity index (χ3v) is 2.75. The molecule has 0 aliphatic carbocycles. The summed E-state index contributed by atoms with van der Waals surface area (Å²) in [6.45, 7) is 2.08. The highest BCUT2D eigenvalue weighted by Gasteiger charge is 2.20. The largest absolute Gasteiger partial charge is 0.469 e. The number of rotatable bonds is 5. The highest BCUT2D eigenvalue weighted by molar-refractivity contribution is 5.78. The molecular formula is C14H17NO2. The predicted octanol–water partition coefficient (Wildman–Crippen LogP) is 3.01. The van der Waals surface area contributed by atoms with E-state index in [-0.39, 0.29) is 11.9 Å². The summed E-state index contributed by atoms with van der Waals surface area (Å²) >= 11 is 0. The Balaban J connectivity index is 2.95. The quantitative estimate of drug-likeness (QED) is 0.732. The Hall–Kier alpha value is -1.82. The summed E-state index contributed by atoms with van der Waals surface area (Å²) in [6, 6.07) is 9.25. The molecule has 0 saturated heterocycles. The van der Waals surface area contributed by atoms with E-state index in [1.165, 1.54) is 7.11 Å². The van der Waals surface area contributed by atoms with E-state index in [0.29, 0.717) is 5.56 Å². The second-order valence-corrected chi connectivity index (χ2v) is 3.96. The number of hydrogen-bond acceptors (Lipinski definition) is 3. The average Bonchev–Trinajstić information content (AvgIpc) is 2.39. The molecule has 1 aromatic carbocycles. The molecule has 1 unspecified atom stereocenters. The molecule has 0 aliphatic rings. The molecule has 0 N–H and O–H groups in total. The van der Waals surface area contributed by atoms with Crippen LogP contribution < -0.4 is 0 Å². The predicted molar refractivity (Wildman–Crippen MR) is 65.4 cm³/mol. The summed E-state index contributed by atoms with van der Waals surface area (Å²) in [5, 5.41) is 8.85. The lowest BCUT2D eigenvalue weighted by atomic mass is 9.92. The van der Waals surface area contributed by atoms with Crippen LogP contribution in [-0.2, 0) is 9.53 Å². The van der Waals surface area contributed by atoms with Gasteiger partial charge in [-0.25, -0.2) is 0 Å². The molecule has 0 radical (unpaired) electrons. The minimum atomic E-state index is -0.256. The monoisotopic (exact) mass is 231 g/mol. The Labute approximate surface area is 102 Å². The molecule has 1 rings (SSSR count). The number of ether oxygens (including phenoxy) is 1. The number of nitriles is 1. The minimum Gasteiger partial charge on any atom is -0.469 e. The Bertz CT molecular complexity index is 420.